The summed E-state index contributed by atoms with van der Waals surface area (Å²) in [7, 11) is 0. The van der Waals surface area contributed by atoms with Crippen molar-refractivity contribution in [2.75, 3.05) is 5.43 Å². The van der Waals surface area contributed by atoms with E-state index in [1.165, 1.54) is 17.8 Å². The number of anilines is 1. The van der Waals surface area contributed by atoms with E-state index in [4.69, 9.17) is 5.84 Å². The Labute approximate surface area is 126 Å². The first kappa shape index (κ1) is 15.2. The molecular weight excluding hydrogens is 290 g/mol. The van der Waals surface area contributed by atoms with Crippen LogP contribution in [0.2, 0.25) is 0 Å². The van der Waals surface area contributed by atoms with Gasteiger partial charge < -0.3 is 5.43 Å². The minimum absolute atomic E-state index is 0.0559. The van der Waals surface area contributed by atoms with Gasteiger partial charge in [-0.2, -0.15) is 0 Å². The van der Waals surface area contributed by atoms with Crippen molar-refractivity contribution >= 4 is 23.3 Å². The molecule has 7 nitrogen and oxygen atoms in total. The number of hydrogen-bond acceptors (Lipinski definition) is 7. The fourth-order valence-corrected chi connectivity index (χ4v) is 2.68. The van der Waals surface area contributed by atoms with E-state index in [-0.39, 0.29) is 5.69 Å². The summed E-state index contributed by atoms with van der Waals surface area (Å²) in [6, 6.07) is 8.22. The fourth-order valence-electron chi connectivity index (χ4n) is 1.74. The zero-order valence-electron chi connectivity index (χ0n) is 11.4. The molecule has 3 N–H and O–H groups in total. The first-order valence-corrected chi connectivity index (χ1v) is 7.21. The lowest BCUT2D eigenvalue weighted by Gasteiger charge is -2.07. The Kier molecular flexibility index (Phi) is 5.07. The highest BCUT2D eigenvalue weighted by Crippen LogP contribution is 2.34. The molecule has 1 aromatic carbocycles. The van der Waals surface area contributed by atoms with Gasteiger partial charge in [-0.25, -0.2) is 15.8 Å². The molecule has 2 rings (SSSR count). The maximum Gasteiger partial charge on any atom is 0.283 e. The summed E-state index contributed by atoms with van der Waals surface area (Å²) in [4.78, 5) is 19.8. The van der Waals surface area contributed by atoms with Gasteiger partial charge in [-0.15, -0.1) is 0 Å². The number of nitrogens with zero attached hydrogens (tertiary/aromatic N) is 3. The van der Waals surface area contributed by atoms with Gasteiger partial charge in [0.15, 0.2) is 0 Å². The van der Waals surface area contributed by atoms with Crippen molar-refractivity contribution in [3.05, 3.63) is 46.3 Å². The molecule has 0 atom stereocenters. The highest BCUT2D eigenvalue weighted by atomic mass is 32.2. The van der Waals surface area contributed by atoms with E-state index in [0.29, 0.717) is 21.6 Å². The second-order valence-electron chi connectivity index (χ2n) is 4.23. The summed E-state index contributed by atoms with van der Waals surface area (Å²) in [5.41, 5.74) is 2.55. The first-order chi connectivity index (χ1) is 10.1. The Morgan fingerprint density at radius 3 is 2.81 bits per heavy atom. The standard InChI is InChI=1S/C13H15N5O2S/c1-2-5-11-15-12(17-14)8-13(16-11)21-10-7-4-3-6-9(10)18(19)20/h3-4,6-8H,2,5,14H2,1H3,(H,15,16,17). The normalized spacial score (nSPS) is 10.4. The molecule has 2 aromatic rings. The van der Waals surface area contributed by atoms with Crippen LogP contribution in [0.15, 0.2) is 40.3 Å². The van der Waals surface area contributed by atoms with Crippen LogP contribution in [0.4, 0.5) is 11.5 Å². The first-order valence-electron chi connectivity index (χ1n) is 6.40. The molecule has 0 amide bonds. The van der Waals surface area contributed by atoms with Crippen molar-refractivity contribution in [2.24, 2.45) is 5.84 Å². The molecule has 0 radical (unpaired) electrons. The molecule has 8 heteroatoms. The van der Waals surface area contributed by atoms with Crippen molar-refractivity contribution in [3.8, 4) is 0 Å². The number of aromatic nitrogens is 2. The molecule has 0 saturated carbocycles. The van der Waals surface area contributed by atoms with E-state index in [9.17, 15) is 10.1 Å². The number of aryl methyl sites for hydroxylation is 1. The summed E-state index contributed by atoms with van der Waals surface area (Å²) in [6.45, 7) is 2.03. The fraction of sp³-hybridized carbons (Fsp3) is 0.231. The van der Waals surface area contributed by atoms with E-state index < -0.39 is 4.92 Å². The van der Waals surface area contributed by atoms with Gasteiger partial charge in [-0.1, -0.05) is 30.8 Å². The summed E-state index contributed by atoms with van der Waals surface area (Å²) in [6.07, 6.45) is 1.63. The number of nitrogen functional groups attached to an aromatic ring is 1. The number of nitrogens with two attached hydrogens (primary N) is 1. The lowest BCUT2D eigenvalue weighted by atomic mass is 10.3. The summed E-state index contributed by atoms with van der Waals surface area (Å²) >= 11 is 1.22. The zero-order valence-corrected chi connectivity index (χ0v) is 12.3. The predicted molar refractivity (Wildman–Crippen MR) is 81.1 cm³/mol. The molecule has 0 saturated heterocycles. The number of benzene rings is 1. The summed E-state index contributed by atoms with van der Waals surface area (Å²) in [5, 5.41) is 11.7. The van der Waals surface area contributed by atoms with Crippen LogP contribution in [0, 0.1) is 10.1 Å². The number of hydrazine groups is 1. The third kappa shape index (κ3) is 3.89. The highest BCUT2D eigenvalue weighted by Gasteiger charge is 2.15. The molecule has 0 bridgehead atoms. The second kappa shape index (κ2) is 7.00. The van der Waals surface area contributed by atoms with Crippen LogP contribution in [0.5, 0.6) is 0 Å². The van der Waals surface area contributed by atoms with Crippen molar-refractivity contribution < 1.29 is 4.92 Å². The minimum atomic E-state index is -0.404. The molecule has 0 aliphatic carbocycles. The molecular formula is C13H15N5O2S. The third-order valence-electron chi connectivity index (χ3n) is 2.65. The van der Waals surface area contributed by atoms with E-state index >= 15 is 0 Å². The Hall–Kier alpha value is -2.19. The maximum absolute atomic E-state index is 11.0. The number of nitrogens with one attached hydrogen (secondary N) is 1. The van der Waals surface area contributed by atoms with Crippen LogP contribution in [0.1, 0.15) is 19.2 Å². The number of rotatable bonds is 6. The van der Waals surface area contributed by atoms with Crippen LogP contribution in [0.3, 0.4) is 0 Å². The van der Waals surface area contributed by atoms with Gasteiger partial charge in [0.2, 0.25) is 0 Å². The number of nitro benzene ring substituents is 1. The molecule has 1 heterocycles. The van der Waals surface area contributed by atoms with Gasteiger partial charge in [0.25, 0.3) is 5.69 Å². The maximum atomic E-state index is 11.0. The van der Waals surface area contributed by atoms with Crippen molar-refractivity contribution in [1.82, 2.24) is 9.97 Å². The molecule has 21 heavy (non-hydrogen) atoms. The Morgan fingerprint density at radius 2 is 2.14 bits per heavy atom. The van der Waals surface area contributed by atoms with Crippen LogP contribution < -0.4 is 11.3 Å². The lowest BCUT2D eigenvalue weighted by Crippen LogP contribution is -2.10. The van der Waals surface area contributed by atoms with Gasteiger partial charge in [-0.3, -0.25) is 10.1 Å². The SMILES string of the molecule is CCCc1nc(NN)cc(Sc2ccccc2[N+](=O)[O-])n1. The highest BCUT2D eigenvalue weighted by molar-refractivity contribution is 7.99. The largest absolute Gasteiger partial charge is 0.308 e. The molecule has 0 unspecified atom stereocenters. The quantitative estimate of drug-likeness (QED) is 0.365. The van der Waals surface area contributed by atoms with E-state index in [0.717, 1.165) is 12.8 Å². The average molecular weight is 305 g/mol. The summed E-state index contributed by atoms with van der Waals surface area (Å²) < 4.78 is 0. The third-order valence-corrected chi connectivity index (χ3v) is 3.63. The van der Waals surface area contributed by atoms with E-state index in [2.05, 4.69) is 15.4 Å². The van der Waals surface area contributed by atoms with Crippen LogP contribution in [-0.2, 0) is 6.42 Å². The smallest absolute Gasteiger partial charge is 0.283 e. The Balaban J connectivity index is 2.35. The van der Waals surface area contributed by atoms with Gasteiger partial charge in [0.05, 0.1) is 9.82 Å². The minimum Gasteiger partial charge on any atom is -0.308 e. The molecule has 0 aliphatic heterocycles. The number of hydrogen-bond donors (Lipinski definition) is 2. The van der Waals surface area contributed by atoms with E-state index in [1.54, 1.807) is 24.3 Å². The van der Waals surface area contributed by atoms with Crippen molar-refractivity contribution in [3.63, 3.8) is 0 Å². The van der Waals surface area contributed by atoms with E-state index in [1.807, 2.05) is 6.92 Å². The van der Waals surface area contributed by atoms with Gasteiger partial charge in [0.1, 0.15) is 16.7 Å². The molecule has 110 valence electrons. The average Bonchev–Trinajstić information content (AvgIpc) is 2.47. The zero-order chi connectivity index (χ0) is 15.2. The Bertz CT molecular complexity index is 650. The Morgan fingerprint density at radius 1 is 1.38 bits per heavy atom. The molecule has 0 fully saturated rings. The lowest BCUT2D eigenvalue weighted by molar-refractivity contribution is -0.387. The molecule has 1 aromatic heterocycles. The van der Waals surface area contributed by atoms with Gasteiger partial charge in [-0.05, 0) is 12.5 Å². The van der Waals surface area contributed by atoms with Crippen LogP contribution in [-0.4, -0.2) is 14.9 Å². The van der Waals surface area contributed by atoms with Crippen LogP contribution >= 0.6 is 11.8 Å². The molecule has 0 spiro atoms. The van der Waals surface area contributed by atoms with Gasteiger partial charge >= 0.3 is 0 Å². The number of nitro groups is 1. The van der Waals surface area contributed by atoms with Crippen LogP contribution in [0.25, 0.3) is 0 Å². The predicted octanol–water partition coefficient (Wildman–Crippen LogP) is 2.77. The van der Waals surface area contributed by atoms with Crippen molar-refractivity contribution in [2.45, 2.75) is 29.7 Å². The van der Waals surface area contributed by atoms with Gasteiger partial charge in [0, 0.05) is 18.6 Å². The molecule has 0 aliphatic rings. The van der Waals surface area contributed by atoms with Crippen molar-refractivity contribution in [1.29, 1.82) is 0 Å². The second-order valence-corrected chi connectivity index (χ2v) is 5.29. The summed E-state index contributed by atoms with van der Waals surface area (Å²) in [5.74, 6) is 6.55. The topological polar surface area (TPSA) is 107 Å². The monoisotopic (exact) mass is 305 g/mol. The number of para-hydroxylation sites is 1.